The highest BCUT2D eigenvalue weighted by Crippen LogP contribution is 2.27. The predicted octanol–water partition coefficient (Wildman–Crippen LogP) is 1.86. The molecule has 148 valence electrons. The fraction of sp³-hybridized carbons (Fsp3) is 0.500. The smallest absolute Gasteiger partial charge is 0.276 e. The number of fused-ring (bicyclic) bond motifs is 1. The van der Waals surface area contributed by atoms with Gasteiger partial charge in [0.05, 0.1) is 7.11 Å². The van der Waals surface area contributed by atoms with E-state index >= 15 is 0 Å². The highest BCUT2D eigenvalue weighted by molar-refractivity contribution is 5.97. The van der Waals surface area contributed by atoms with Gasteiger partial charge in [0.15, 0.2) is 5.69 Å². The van der Waals surface area contributed by atoms with Crippen molar-refractivity contribution in [2.45, 2.75) is 32.6 Å². The van der Waals surface area contributed by atoms with Crippen LogP contribution in [0, 0.1) is 6.92 Å². The molecule has 0 bridgehead atoms. The molecule has 2 aromatic heterocycles. The van der Waals surface area contributed by atoms with Crippen molar-refractivity contribution in [3.05, 3.63) is 40.4 Å². The Kier molecular flexibility index (Phi) is 5.02. The lowest BCUT2D eigenvalue weighted by Gasteiger charge is -2.22. The first kappa shape index (κ1) is 18.5. The van der Waals surface area contributed by atoms with Crippen LogP contribution in [-0.2, 0) is 12.8 Å². The van der Waals surface area contributed by atoms with E-state index in [0.29, 0.717) is 55.5 Å². The zero-order chi connectivity index (χ0) is 19.7. The fourth-order valence-corrected chi connectivity index (χ4v) is 3.89. The van der Waals surface area contributed by atoms with Gasteiger partial charge in [0, 0.05) is 37.9 Å². The Morgan fingerprint density at radius 3 is 2.46 bits per heavy atom. The van der Waals surface area contributed by atoms with Crippen LogP contribution in [0.4, 0.5) is 0 Å². The number of hydrogen-bond donors (Lipinski definition) is 0. The monoisotopic (exact) mass is 384 g/mol. The highest BCUT2D eigenvalue weighted by Gasteiger charge is 2.28. The van der Waals surface area contributed by atoms with Crippen LogP contribution in [-0.4, -0.2) is 65.0 Å². The van der Waals surface area contributed by atoms with Crippen molar-refractivity contribution in [3.63, 3.8) is 0 Å². The van der Waals surface area contributed by atoms with Crippen molar-refractivity contribution >= 4 is 11.8 Å². The second kappa shape index (κ2) is 7.61. The van der Waals surface area contributed by atoms with Crippen molar-refractivity contribution in [2.24, 2.45) is 0 Å². The number of carbonyl (C=O) groups excluding carboxylic acids is 2. The molecule has 1 fully saturated rings. The normalized spacial score (nSPS) is 16.6. The van der Waals surface area contributed by atoms with Crippen LogP contribution >= 0.6 is 0 Å². The zero-order valence-corrected chi connectivity index (χ0v) is 16.2. The Morgan fingerprint density at radius 1 is 1.04 bits per heavy atom. The molecule has 0 saturated carbocycles. The molecule has 0 unspecified atom stereocenters. The third kappa shape index (κ3) is 3.46. The maximum Gasteiger partial charge on any atom is 0.276 e. The summed E-state index contributed by atoms with van der Waals surface area (Å²) in [6.45, 7) is 3.83. The molecule has 2 aromatic rings. The summed E-state index contributed by atoms with van der Waals surface area (Å²) in [6, 6.07) is 3.57. The van der Waals surface area contributed by atoms with Crippen molar-refractivity contribution in [1.82, 2.24) is 19.9 Å². The molecule has 8 nitrogen and oxygen atoms in total. The fourth-order valence-electron chi connectivity index (χ4n) is 3.89. The number of ether oxygens (including phenoxy) is 1. The molecule has 0 atom stereocenters. The molecular weight excluding hydrogens is 360 g/mol. The van der Waals surface area contributed by atoms with Gasteiger partial charge in [-0.1, -0.05) is 5.16 Å². The summed E-state index contributed by atoms with van der Waals surface area (Å²) in [5, 5.41) is 3.81. The second-order valence-electron chi connectivity index (χ2n) is 7.27. The van der Waals surface area contributed by atoms with E-state index in [9.17, 15) is 9.59 Å². The lowest BCUT2D eigenvalue weighted by Crippen LogP contribution is -2.37. The molecule has 1 aliphatic heterocycles. The SMILES string of the molecule is COc1nc2c(cc1C(=O)N1CCCN(C(=O)c3cc(C)on3)CC1)CCC2. The largest absolute Gasteiger partial charge is 0.480 e. The molecule has 2 aliphatic rings. The molecule has 28 heavy (non-hydrogen) atoms. The average molecular weight is 384 g/mol. The van der Waals surface area contributed by atoms with Gasteiger partial charge in [-0.3, -0.25) is 9.59 Å². The summed E-state index contributed by atoms with van der Waals surface area (Å²) in [4.78, 5) is 33.8. The van der Waals surface area contributed by atoms with Crippen LogP contribution in [0.25, 0.3) is 0 Å². The van der Waals surface area contributed by atoms with Gasteiger partial charge in [-0.05, 0) is 44.2 Å². The van der Waals surface area contributed by atoms with Gasteiger partial charge < -0.3 is 19.1 Å². The molecule has 0 spiro atoms. The number of hydrogen-bond acceptors (Lipinski definition) is 6. The summed E-state index contributed by atoms with van der Waals surface area (Å²) in [5.41, 5.74) is 2.98. The Bertz CT molecular complexity index is 908. The first-order chi connectivity index (χ1) is 13.6. The molecule has 4 rings (SSSR count). The molecule has 1 aliphatic carbocycles. The van der Waals surface area contributed by atoms with Gasteiger partial charge in [0.25, 0.3) is 11.8 Å². The summed E-state index contributed by atoms with van der Waals surface area (Å²) in [5.74, 6) is 0.737. The van der Waals surface area contributed by atoms with Crippen LogP contribution in [0.5, 0.6) is 5.88 Å². The van der Waals surface area contributed by atoms with Crippen LogP contribution < -0.4 is 4.74 Å². The summed E-state index contributed by atoms with van der Waals surface area (Å²) < 4.78 is 10.4. The molecule has 0 radical (unpaired) electrons. The Labute approximate surface area is 163 Å². The van der Waals surface area contributed by atoms with E-state index in [1.807, 2.05) is 6.07 Å². The Morgan fingerprint density at radius 2 is 1.79 bits per heavy atom. The predicted molar refractivity (Wildman–Crippen MR) is 100 cm³/mol. The minimum absolute atomic E-state index is 0.0920. The van der Waals surface area contributed by atoms with Crippen molar-refractivity contribution < 1.29 is 18.8 Å². The third-order valence-corrected chi connectivity index (χ3v) is 5.36. The quantitative estimate of drug-likeness (QED) is 0.803. The molecular formula is C20H24N4O4. The first-order valence-electron chi connectivity index (χ1n) is 9.65. The maximum absolute atomic E-state index is 13.2. The average Bonchev–Trinajstić information content (AvgIpc) is 3.27. The van der Waals surface area contributed by atoms with E-state index in [1.165, 1.54) is 0 Å². The van der Waals surface area contributed by atoms with Crippen molar-refractivity contribution in [1.29, 1.82) is 0 Å². The van der Waals surface area contributed by atoms with E-state index < -0.39 is 0 Å². The van der Waals surface area contributed by atoms with Gasteiger partial charge in [0.2, 0.25) is 5.88 Å². The standard InChI is InChI=1S/C20H24N4O4/c1-13-11-17(22-28-13)20(26)24-8-4-7-23(9-10-24)19(25)15-12-14-5-3-6-16(14)21-18(15)27-2/h11-12H,3-10H2,1-2H3. The lowest BCUT2D eigenvalue weighted by molar-refractivity contribution is 0.0711. The number of carbonyl (C=O) groups is 2. The van der Waals surface area contributed by atoms with E-state index in [2.05, 4.69) is 10.1 Å². The van der Waals surface area contributed by atoms with Crippen LogP contribution in [0.15, 0.2) is 16.7 Å². The van der Waals surface area contributed by atoms with E-state index in [1.54, 1.807) is 29.9 Å². The van der Waals surface area contributed by atoms with Crippen molar-refractivity contribution in [2.75, 3.05) is 33.3 Å². The van der Waals surface area contributed by atoms with E-state index in [-0.39, 0.29) is 11.8 Å². The molecule has 8 heteroatoms. The highest BCUT2D eigenvalue weighted by atomic mass is 16.5. The minimum Gasteiger partial charge on any atom is -0.480 e. The zero-order valence-electron chi connectivity index (χ0n) is 16.2. The van der Waals surface area contributed by atoms with Gasteiger partial charge in [-0.2, -0.15) is 0 Å². The number of rotatable bonds is 3. The second-order valence-corrected chi connectivity index (χ2v) is 7.27. The van der Waals surface area contributed by atoms with Crippen LogP contribution in [0.2, 0.25) is 0 Å². The number of amides is 2. The topological polar surface area (TPSA) is 88.8 Å². The van der Waals surface area contributed by atoms with Crippen LogP contribution in [0.3, 0.4) is 0 Å². The molecule has 1 saturated heterocycles. The number of aromatic nitrogens is 2. The van der Waals surface area contributed by atoms with Gasteiger partial charge in [-0.25, -0.2) is 4.98 Å². The summed E-state index contributed by atoms with van der Waals surface area (Å²) in [7, 11) is 1.54. The van der Waals surface area contributed by atoms with Gasteiger partial charge in [0.1, 0.15) is 11.3 Å². The molecule has 3 heterocycles. The Balaban J connectivity index is 1.49. The van der Waals surface area contributed by atoms with Gasteiger partial charge in [-0.15, -0.1) is 0 Å². The third-order valence-electron chi connectivity index (χ3n) is 5.36. The lowest BCUT2D eigenvalue weighted by atomic mass is 10.1. The molecule has 0 aromatic carbocycles. The minimum atomic E-state index is -0.164. The van der Waals surface area contributed by atoms with Crippen molar-refractivity contribution in [3.8, 4) is 5.88 Å². The van der Waals surface area contributed by atoms with Gasteiger partial charge >= 0.3 is 0 Å². The maximum atomic E-state index is 13.2. The Hall–Kier alpha value is -2.90. The van der Waals surface area contributed by atoms with E-state index in [0.717, 1.165) is 30.5 Å². The first-order valence-corrected chi connectivity index (χ1v) is 9.65. The van der Waals surface area contributed by atoms with Crippen LogP contribution in [0.1, 0.15) is 50.7 Å². The summed E-state index contributed by atoms with van der Waals surface area (Å²) in [6.07, 6.45) is 3.65. The van der Waals surface area contributed by atoms with E-state index in [4.69, 9.17) is 9.26 Å². The number of methoxy groups -OCH3 is 1. The summed E-state index contributed by atoms with van der Waals surface area (Å²) >= 11 is 0. The number of aryl methyl sites for hydroxylation is 3. The number of nitrogens with zero attached hydrogens (tertiary/aromatic N) is 4. The number of pyridine rings is 1. The molecule has 2 amide bonds. The molecule has 0 N–H and O–H groups in total.